The molecule has 0 spiro atoms. The smallest absolute Gasteiger partial charge is 0.252 e. The van der Waals surface area contributed by atoms with Crippen LogP contribution in [0.25, 0.3) is 0 Å². The fourth-order valence-electron chi connectivity index (χ4n) is 2.91. The van der Waals surface area contributed by atoms with Crippen LogP contribution >= 0.6 is 0 Å². The van der Waals surface area contributed by atoms with E-state index >= 15 is 0 Å². The molecule has 1 aliphatic rings. The molecule has 1 fully saturated rings. The largest absolute Gasteiger partial charge is 0.373 e. The molecule has 1 amide bonds. The molecule has 1 aliphatic heterocycles. The Kier molecular flexibility index (Phi) is 6.34. The minimum Gasteiger partial charge on any atom is -0.373 e. The number of nitrogens with zero attached hydrogens (tertiary/aromatic N) is 2. The second kappa shape index (κ2) is 8.25. The Labute approximate surface area is 133 Å². The van der Waals surface area contributed by atoms with Crippen LogP contribution in [0.4, 0.5) is 0 Å². The summed E-state index contributed by atoms with van der Waals surface area (Å²) >= 11 is 0. The highest BCUT2D eigenvalue weighted by molar-refractivity contribution is 5.93. The SMILES string of the molecule is Cc1cncc(C(=O)NCCCCN2C[C@@H](C)O[C@@H](C)C2)c1. The van der Waals surface area contributed by atoms with Crippen molar-refractivity contribution in [1.82, 2.24) is 15.2 Å². The molecule has 22 heavy (non-hydrogen) atoms. The van der Waals surface area contributed by atoms with E-state index in [1.165, 1.54) is 0 Å². The predicted octanol–water partition coefficient (Wildman–Crippen LogP) is 2.01. The highest BCUT2D eigenvalue weighted by Gasteiger charge is 2.21. The molecule has 1 saturated heterocycles. The van der Waals surface area contributed by atoms with Gasteiger partial charge in [-0.1, -0.05) is 0 Å². The van der Waals surface area contributed by atoms with Gasteiger partial charge in [0.15, 0.2) is 0 Å². The van der Waals surface area contributed by atoms with Gasteiger partial charge < -0.3 is 10.1 Å². The van der Waals surface area contributed by atoms with Gasteiger partial charge in [0.05, 0.1) is 17.8 Å². The molecule has 1 aromatic rings. The molecular weight excluding hydrogens is 278 g/mol. The molecule has 0 saturated carbocycles. The van der Waals surface area contributed by atoms with Crippen molar-refractivity contribution in [2.45, 2.75) is 45.8 Å². The van der Waals surface area contributed by atoms with Crippen LogP contribution in [0.5, 0.6) is 0 Å². The second-order valence-electron chi connectivity index (χ2n) is 6.23. The molecule has 0 radical (unpaired) electrons. The predicted molar refractivity (Wildman–Crippen MR) is 87.0 cm³/mol. The normalized spacial score (nSPS) is 22.5. The van der Waals surface area contributed by atoms with Crippen molar-refractivity contribution in [2.24, 2.45) is 0 Å². The van der Waals surface area contributed by atoms with Gasteiger partial charge in [-0.25, -0.2) is 0 Å². The van der Waals surface area contributed by atoms with Crippen LogP contribution < -0.4 is 5.32 Å². The van der Waals surface area contributed by atoms with E-state index in [0.29, 0.717) is 24.3 Å². The van der Waals surface area contributed by atoms with Gasteiger partial charge in [-0.05, 0) is 51.8 Å². The van der Waals surface area contributed by atoms with E-state index < -0.39 is 0 Å². The molecule has 0 aliphatic carbocycles. The minimum absolute atomic E-state index is 0.0372. The average molecular weight is 305 g/mol. The average Bonchev–Trinajstić information content (AvgIpc) is 2.45. The van der Waals surface area contributed by atoms with Crippen LogP contribution in [0, 0.1) is 6.92 Å². The summed E-state index contributed by atoms with van der Waals surface area (Å²) < 4.78 is 5.73. The number of carbonyl (C=O) groups is 1. The van der Waals surface area contributed by atoms with E-state index in [1.54, 1.807) is 12.4 Å². The molecule has 1 aromatic heterocycles. The van der Waals surface area contributed by atoms with Crippen molar-refractivity contribution < 1.29 is 9.53 Å². The molecular formula is C17H27N3O2. The second-order valence-corrected chi connectivity index (χ2v) is 6.23. The van der Waals surface area contributed by atoms with E-state index in [-0.39, 0.29) is 5.91 Å². The molecule has 2 rings (SSSR count). The number of unbranched alkanes of at least 4 members (excludes halogenated alkanes) is 1. The van der Waals surface area contributed by atoms with E-state index in [0.717, 1.165) is 38.0 Å². The number of rotatable bonds is 6. The van der Waals surface area contributed by atoms with E-state index in [4.69, 9.17) is 4.74 Å². The molecule has 0 aromatic carbocycles. The van der Waals surface area contributed by atoms with Crippen LogP contribution in [-0.4, -0.2) is 54.2 Å². The van der Waals surface area contributed by atoms with Crippen LogP contribution in [-0.2, 0) is 4.74 Å². The third-order valence-corrected chi connectivity index (χ3v) is 3.82. The first-order chi connectivity index (χ1) is 10.5. The lowest BCUT2D eigenvalue weighted by Crippen LogP contribution is -2.45. The number of aromatic nitrogens is 1. The zero-order valence-corrected chi connectivity index (χ0v) is 13.8. The summed E-state index contributed by atoms with van der Waals surface area (Å²) in [6, 6.07) is 1.86. The Morgan fingerprint density at radius 1 is 1.32 bits per heavy atom. The molecule has 122 valence electrons. The number of ether oxygens (including phenoxy) is 1. The number of aryl methyl sites for hydroxylation is 1. The van der Waals surface area contributed by atoms with Crippen LogP contribution in [0.3, 0.4) is 0 Å². The first-order valence-corrected chi connectivity index (χ1v) is 8.12. The van der Waals surface area contributed by atoms with Gasteiger partial charge in [0.1, 0.15) is 0 Å². The fourth-order valence-corrected chi connectivity index (χ4v) is 2.91. The maximum Gasteiger partial charge on any atom is 0.252 e. The summed E-state index contributed by atoms with van der Waals surface area (Å²) in [5, 5.41) is 2.96. The lowest BCUT2D eigenvalue weighted by molar-refractivity contribution is -0.0681. The van der Waals surface area contributed by atoms with Gasteiger partial charge in [0.2, 0.25) is 0 Å². The number of carbonyl (C=O) groups excluding carboxylic acids is 1. The zero-order chi connectivity index (χ0) is 15.9. The lowest BCUT2D eigenvalue weighted by atomic mass is 10.2. The fraction of sp³-hybridized carbons (Fsp3) is 0.647. The highest BCUT2D eigenvalue weighted by atomic mass is 16.5. The monoisotopic (exact) mass is 305 g/mol. The van der Waals surface area contributed by atoms with Crippen molar-refractivity contribution >= 4 is 5.91 Å². The van der Waals surface area contributed by atoms with Crippen LogP contribution in [0.1, 0.15) is 42.6 Å². The van der Waals surface area contributed by atoms with Gasteiger partial charge >= 0.3 is 0 Å². The Morgan fingerprint density at radius 2 is 2.05 bits per heavy atom. The Hall–Kier alpha value is -1.46. The van der Waals surface area contributed by atoms with E-state index in [2.05, 4.69) is 29.0 Å². The maximum absolute atomic E-state index is 12.0. The van der Waals surface area contributed by atoms with Crippen molar-refractivity contribution in [3.8, 4) is 0 Å². The molecule has 0 unspecified atom stereocenters. The van der Waals surface area contributed by atoms with Gasteiger partial charge in [0.25, 0.3) is 5.91 Å². The molecule has 5 nitrogen and oxygen atoms in total. The zero-order valence-electron chi connectivity index (χ0n) is 13.8. The number of nitrogens with one attached hydrogen (secondary N) is 1. The molecule has 0 bridgehead atoms. The maximum atomic E-state index is 12.0. The minimum atomic E-state index is -0.0372. The van der Waals surface area contributed by atoms with Crippen molar-refractivity contribution in [3.05, 3.63) is 29.6 Å². The van der Waals surface area contributed by atoms with Crippen molar-refractivity contribution in [3.63, 3.8) is 0 Å². The number of pyridine rings is 1. The van der Waals surface area contributed by atoms with Crippen molar-refractivity contribution in [1.29, 1.82) is 0 Å². The first-order valence-electron chi connectivity index (χ1n) is 8.12. The number of amides is 1. The van der Waals surface area contributed by atoms with Crippen molar-refractivity contribution in [2.75, 3.05) is 26.2 Å². The molecule has 5 heteroatoms. The summed E-state index contributed by atoms with van der Waals surface area (Å²) in [7, 11) is 0. The summed E-state index contributed by atoms with van der Waals surface area (Å²) in [5.41, 5.74) is 1.64. The topological polar surface area (TPSA) is 54.5 Å². The summed E-state index contributed by atoms with van der Waals surface area (Å²) in [6.45, 7) is 9.98. The standard InChI is InChI=1S/C17H27N3O2/c1-13-8-16(10-18-9-13)17(21)19-6-4-5-7-20-11-14(2)22-15(3)12-20/h8-10,14-15H,4-7,11-12H2,1-3H3,(H,19,21)/t14-,15+. The van der Waals surface area contributed by atoms with Gasteiger partial charge in [0, 0.05) is 32.0 Å². The van der Waals surface area contributed by atoms with Crippen LogP contribution in [0.2, 0.25) is 0 Å². The quantitative estimate of drug-likeness (QED) is 0.817. The summed E-state index contributed by atoms with van der Waals surface area (Å²) in [6.07, 6.45) is 6.08. The number of hydrogen-bond donors (Lipinski definition) is 1. The van der Waals surface area contributed by atoms with Gasteiger partial charge in [-0.2, -0.15) is 0 Å². The number of hydrogen-bond acceptors (Lipinski definition) is 4. The molecule has 2 atom stereocenters. The van der Waals surface area contributed by atoms with E-state index in [1.807, 2.05) is 13.0 Å². The summed E-state index contributed by atoms with van der Waals surface area (Å²) in [5.74, 6) is -0.0372. The summed E-state index contributed by atoms with van der Waals surface area (Å²) in [4.78, 5) is 18.5. The first kappa shape index (κ1) is 16.9. The third kappa shape index (κ3) is 5.39. The third-order valence-electron chi connectivity index (χ3n) is 3.82. The Balaban J connectivity index is 1.62. The Morgan fingerprint density at radius 3 is 2.73 bits per heavy atom. The Bertz CT molecular complexity index is 483. The molecule has 2 heterocycles. The van der Waals surface area contributed by atoms with Crippen LogP contribution in [0.15, 0.2) is 18.5 Å². The van der Waals surface area contributed by atoms with E-state index in [9.17, 15) is 4.79 Å². The van der Waals surface area contributed by atoms with Gasteiger partial charge in [-0.15, -0.1) is 0 Å². The lowest BCUT2D eigenvalue weighted by Gasteiger charge is -2.35. The highest BCUT2D eigenvalue weighted by Crippen LogP contribution is 2.11. The molecule has 1 N–H and O–H groups in total. The number of morpholine rings is 1. The van der Waals surface area contributed by atoms with Gasteiger partial charge in [-0.3, -0.25) is 14.7 Å².